The number of amides is 1. The van der Waals surface area contributed by atoms with Gasteiger partial charge in [-0.25, -0.2) is 13.1 Å². The van der Waals surface area contributed by atoms with Crippen molar-refractivity contribution < 1.29 is 13.2 Å². The zero-order valence-corrected chi connectivity index (χ0v) is 13.5. The first-order valence-corrected chi connectivity index (χ1v) is 9.10. The molecule has 1 aliphatic heterocycles. The summed E-state index contributed by atoms with van der Waals surface area (Å²) in [4.78, 5) is 26.1. The van der Waals surface area contributed by atoms with E-state index in [1.165, 1.54) is 4.90 Å². The summed E-state index contributed by atoms with van der Waals surface area (Å²) in [6, 6.07) is 6.71. The third-order valence-electron chi connectivity index (χ3n) is 4.20. The predicted molar refractivity (Wildman–Crippen MR) is 85.8 cm³/mol. The number of rotatable bonds is 3. The van der Waals surface area contributed by atoms with Gasteiger partial charge in [0, 0.05) is 18.5 Å². The molecule has 2 heterocycles. The van der Waals surface area contributed by atoms with Crippen LogP contribution in [0, 0.1) is 0 Å². The highest BCUT2D eigenvalue weighted by Crippen LogP contribution is 2.16. The third kappa shape index (κ3) is 3.12. The van der Waals surface area contributed by atoms with E-state index in [4.69, 9.17) is 0 Å². The first-order valence-electron chi connectivity index (χ1n) is 7.28. The van der Waals surface area contributed by atoms with E-state index in [0.717, 1.165) is 10.1 Å². The average molecular weight is 335 g/mol. The van der Waals surface area contributed by atoms with Crippen molar-refractivity contribution in [3.05, 3.63) is 40.8 Å². The lowest BCUT2D eigenvalue weighted by Gasteiger charge is -2.23. The summed E-state index contributed by atoms with van der Waals surface area (Å²) in [6.45, 7) is -0.198. The van der Waals surface area contributed by atoms with Crippen molar-refractivity contribution in [1.29, 1.82) is 0 Å². The minimum Gasteiger partial charge on any atom is -0.340 e. The average Bonchev–Trinajstić information content (AvgIpc) is 2.89. The number of sulfone groups is 1. The molecule has 1 atom stereocenters. The van der Waals surface area contributed by atoms with Crippen LogP contribution in [0.3, 0.4) is 0 Å². The Labute approximate surface area is 133 Å². The highest BCUT2D eigenvalue weighted by atomic mass is 32.2. The standard InChI is InChI=1S/C15H17N3O4S/c1-17(12-6-7-23(21,22)10-12)14(19)9-18-15(20)13-5-3-2-4-11(13)8-16-18/h2-5,8,12H,6-7,9-10H2,1H3. The fourth-order valence-corrected chi connectivity index (χ4v) is 4.54. The highest BCUT2D eigenvalue weighted by molar-refractivity contribution is 7.91. The Morgan fingerprint density at radius 3 is 2.83 bits per heavy atom. The lowest BCUT2D eigenvalue weighted by molar-refractivity contribution is -0.132. The number of hydrogen-bond acceptors (Lipinski definition) is 5. The molecule has 2 aromatic rings. The van der Waals surface area contributed by atoms with Crippen LogP contribution in [0.2, 0.25) is 0 Å². The van der Waals surface area contributed by atoms with Crippen molar-refractivity contribution in [1.82, 2.24) is 14.7 Å². The second kappa shape index (κ2) is 5.77. The molecule has 1 aromatic heterocycles. The molecule has 1 unspecified atom stereocenters. The van der Waals surface area contributed by atoms with E-state index in [9.17, 15) is 18.0 Å². The summed E-state index contributed by atoms with van der Waals surface area (Å²) >= 11 is 0. The molecule has 8 heteroatoms. The van der Waals surface area contributed by atoms with Crippen LogP contribution in [-0.2, 0) is 21.2 Å². The molecule has 7 nitrogen and oxygen atoms in total. The Kier molecular flexibility index (Phi) is 3.93. The van der Waals surface area contributed by atoms with Crippen LogP contribution in [0.1, 0.15) is 6.42 Å². The van der Waals surface area contributed by atoms with Crippen molar-refractivity contribution in [3.63, 3.8) is 0 Å². The molecule has 0 aliphatic carbocycles. The van der Waals surface area contributed by atoms with Crippen LogP contribution in [0.25, 0.3) is 10.8 Å². The summed E-state index contributed by atoms with van der Waals surface area (Å²) in [7, 11) is -1.49. The van der Waals surface area contributed by atoms with E-state index in [1.54, 1.807) is 31.4 Å². The Balaban J connectivity index is 1.80. The SMILES string of the molecule is CN(C(=O)Cn1ncc2ccccc2c1=O)C1CCS(=O)(=O)C1. The van der Waals surface area contributed by atoms with E-state index in [0.29, 0.717) is 11.8 Å². The van der Waals surface area contributed by atoms with Crippen molar-refractivity contribution in [3.8, 4) is 0 Å². The molecule has 0 spiro atoms. The minimum absolute atomic E-state index is 0.0186. The van der Waals surface area contributed by atoms with Crippen molar-refractivity contribution >= 4 is 26.5 Å². The van der Waals surface area contributed by atoms with Crippen LogP contribution < -0.4 is 5.56 Å². The molecule has 0 N–H and O–H groups in total. The monoisotopic (exact) mass is 335 g/mol. The van der Waals surface area contributed by atoms with Gasteiger partial charge in [-0.05, 0) is 12.5 Å². The summed E-state index contributed by atoms with van der Waals surface area (Å²) in [5.74, 6) is -0.240. The molecule has 122 valence electrons. The van der Waals surface area contributed by atoms with Crippen LogP contribution in [0.15, 0.2) is 35.3 Å². The molecule has 1 aromatic carbocycles. The van der Waals surface area contributed by atoms with Crippen molar-refractivity contribution in [2.24, 2.45) is 0 Å². The third-order valence-corrected chi connectivity index (χ3v) is 5.95. The predicted octanol–water partition coefficient (Wildman–Crippen LogP) is 0.0420. The van der Waals surface area contributed by atoms with Gasteiger partial charge in [0.1, 0.15) is 6.54 Å². The molecule has 23 heavy (non-hydrogen) atoms. The van der Waals surface area contributed by atoms with Gasteiger partial charge in [0.2, 0.25) is 5.91 Å². The number of carbonyl (C=O) groups is 1. The topological polar surface area (TPSA) is 89.3 Å². The summed E-state index contributed by atoms with van der Waals surface area (Å²) in [6.07, 6.45) is 1.98. The van der Waals surface area contributed by atoms with Crippen molar-refractivity contribution in [2.45, 2.75) is 19.0 Å². The van der Waals surface area contributed by atoms with Crippen molar-refractivity contribution in [2.75, 3.05) is 18.6 Å². The number of carbonyl (C=O) groups excluding carboxylic acids is 1. The highest BCUT2D eigenvalue weighted by Gasteiger charge is 2.32. The normalized spacial score (nSPS) is 19.8. The quantitative estimate of drug-likeness (QED) is 0.790. The van der Waals surface area contributed by atoms with E-state index in [-0.39, 0.29) is 35.6 Å². The zero-order valence-electron chi connectivity index (χ0n) is 12.7. The second-order valence-corrected chi connectivity index (χ2v) is 7.98. The van der Waals surface area contributed by atoms with Gasteiger partial charge in [-0.3, -0.25) is 9.59 Å². The minimum atomic E-state index is -3.06. The fraction of sp³-hybridized carbons (Fsp3) is 0.400. The number of nitrogens with zero attached hydrogens (tertiary/aromatic N) is 3. The smallest absolute Gasteiger partial charge is 0.275 e. The molecule has 0 saturated carbocycles. The van der Waals surface area contributed by atoms with Gasteiger partial charge in [-0.2, -0.15) is 5.10 Å². The number of fused-ring (bicyclic) bond motifs is 1. The number of hydrogen-bond donors (Lipinski definition) is 0. The molecule has 0 radical (unpaired) electrons. The molecule has 1 fully saturated rings. The molecule has 1 saturated heterocycles. The number of aromatic nitrogens is 2. The lowest BCUT2D eigenvalue weighted by atomic mass is 10.2. The maximum Gasteiger partial charge on any atom is 0.275 e. The van der Waals surface area contributed by atoms with Gasteiger partial charge in [-0.15, -0.1) is 0 Å². The fourth-order valence-electron chi connectivity index (χ4n) is 2.76. The molecule has 0 bridgehead atoms. The van der Waals surface area contributed by atoms with E-state index < -0.39 is 9.84 Å². The van der Waals surface area contributed by atoms with E-state index in [2.05, 4.69) is 5.10 Å². The second-order valence-electron chi connectivity index (χ2n) is 5.76. The van der Waals surface area contributed by atoms with Gasteiger partial charge < -0.3 is 4.90 Å². The Morgan fingerprint density at radius 1 is 1.39 bits per heavy atom. The number of likely N-dealkylation sites (N-methyl/N-ethyl adjacent to an activating group) is 1. The Hall–Kier alpha value is -2.22. The zero-order chi connectivity index (χ0) is 16.6. The Bertz CT molecular complexity index is 920. The summed E-state index contributed by atoms with van der Waals surface area (Å²) in [5.41, 5.74) is -0.330. The molecule has 1 aliphatic rings. The molecular weight excluding hydrogens is 318 g/mol. The van der Waals surface area contributed by atoms with E-state index in [1.807, 2.05) is 6.07 Å². The molecule has 1 amide bonds. The van der Waals surface area contributed by atoms with E-state index >= 15 is 0 Å². The maximum atomic E-state index is 12.3. The molecular formula is C15H17N3O4S. The largest absolute Gasteiger partial charge is 0.340 e. The Morgan fingerprint density at radius 2 is 2.13 bits per heavy atom. The van der Waals surface area contributed by atoms with Gasteiger partial charge in [0.25, 0.3) is 5.56 Å². The van der Waals surface area contributed by atoms with Crippen LogP contribution in [-0.4, -0.2) is 53.6 Å². The molecule has 3 rings (SSSR count). The van der Waals surface area contributed by atoms with Gasteiger partial charge >= 0.3 is 0 Å². The first-order chi connectivity index (χ1) is 10.9. The van der Waals surface area contributed by atoms with Gasteiger partial charge in [0.05, 0.1) is 23.1 Å². The maximum absolute atomic E-state index is 12.3. The van der Waals surface area contributed by atoms with Gasteiger partial charge in [-0.1, -0.05) is 18.2 Å². The number of benzene rings is 1. The first kappa shape index (κ1) is 15.7. The lowest BCUT2D eigenvalue weighted by Crippen LogP contribution is -2.41. The van der Waals surface area contributed by atoms with Crippen LogP contribution in [0.4, 0.5) is 0 Å². The van der Waals surface area contributed by atoms with Crippen LogP contribution >= 0.6 is 0 Å². The summed E-state index contributed by atoms with van der Waals surface area (Å²) < 4.78 is 24.2. The van der Waals surface area contributed by atoms with Gasteiger partial charge in [0.15, 0.2) is 9.84 Å². The van der Waals surface area contributed by atoms with Crippen LogP contribution in [0.5, 0.6) is 0 Å². The summed E-state index contributed by atoms with van der Waals surface area (Å²) in [5, 5.41) is 5.24.